The molecule has 2 amide bonds. The molecule has 1 N–H and O–H groups in total. The summed E-state index contributed by atoms with van der Waals surface area (Å²) in [6.45, 7) is 9.06. The molecule has 34 heavy (non-hydrogen) atoms. The molecule has 2 aromatic rings. The highest BCUT2D eigenvalue weighted by Gasteiger charge is 2.28. The van der Waals surface area contributed by atoms with Crippen LogP contribution in [0.3, 0.4) is 0 Å². The van der Waals surface area contributed by atoms with Gasteiger partial charge in [-0.25, -0.2) is 4.68 Å². The third-order valence-corrected chi connectivity index (χ3v) is 6.44. The third kappa shape index (κ3) is 6.61. The Kier molecular flexibility index (Phi) is 8.75. The standard InChI is InChI=1S/C27H40N4O3/c1-6-7-17-30(26(33)20-11-9-8-10-12-20)19-25(32)28-24-18-23(27(2,3)4)29-31(24)21-13-15-22(34-5)16-14-21/h13-16,18,20H,6-12,17,19H2,1-5H3,(H,28,32). The second kappa shape index (κ2) is 11.5. The SMILES string of the molecule is CCCCN(CC(=O)Nc1cc(C(C)(C)C)nn1-c1ccc(OC)cc1)C(=O)C1CCCCC1. The van der Waals surface area contributed by atoms with E-state index in [1.165, 1.54) is 6.42 Å². The summed E-state index contributed by atoms with van der Waals surface area (Å²) in [5.41, 5.74) is 1.52. The molecule has 7 heteroatoms. The van der Waals surface area contributed by atoms with E-state index >= 15 is 0 Å². The largest absolute Gasteiger partial charge is 0.497 e. The van der Waals surface area contributed by atoms with E-state index in [-0.39, 0.29) is 29.7 Å². The zero-order valence-corrected chi connectivity index (χ0v) is 21.4. The second-order valence-corrected chi connectivity index (χ2v) is 10.3. The first-order valence-electron chi connectivity index (χ1n) is 12.6. The average Bonchev–Trinajstić information content (AvgIpc) is 3.26. The van der Waals surface area contributed by atoms with E-state index in [9.17, 15) is 9.59 Å². The smallest absolute Gasteiger partial charge is 0.245 e. The normalized spacial score (nSPS) is 14.6. The topological polar surface area (TPSA) is 76.5 Å². The average molecular weight is 469 g/mol. The van der Waals surface area contributed by atoms with E-state index in [0.29, 0.717) is 12.4 Å². The Morgan fingerprint density at radius 1 is 1.15 bits per heavy atom. The number of benzene rings is 1. The van der Waals surface area contributed by atoms with Gasteiger partial charge in [0.05, 0.1) is 25.0 Å². The van der Waals surface area contributed by atoms with Gasteiger partial charge in [0.2, 0.25) is 11.8 Å². The number of ether oxygens (including phenoxy) is 1. The molecule has 1 fully saturated rings. The number of methoxy groups -OCH3 is 1. The van der Waals surface area contributed by atoms with E-state index in [1.54, 1.807) is 16.7 Å². The van der Waals surface area contributed by atoms with Gasteiger partial charge < -0.3 is 15.0 Å². The predicted octanol–water partition coefficient (Wildman–Crippen LogP) is 5.33. The molecule has 0 saturated heterocycles. The Balaban J connectivity index is 1.80. The number of carbonyl (C=O) groups excluding carboxylic acids is 2. The number of anilines is 1. The summed E-state index contributed by atoms with van der Waals surface area (Å²) in [6, 6.07) is 9.48. The van der Waals surface area contributed by atoms with Crippen molar-refractivity contribution in [3.05, 3.63) is 36.0 Å². The number of hydrogen-bond acceptors (Lipinski definition) is 4. The van der Waals surface area contributed by atoms with E-state index < -0.39 is 0 Å². The summed E-state index contributed by atoms with van der Waals surface area (Å²) in [7, 11) is 1.63. The van der Waals surface area contributed by atoms with Gasteiger partial charge in [0, 0.05) is 23.9 Å². The lowest BCUT2D eigenvalue weighted by molar-refractivity contribution is -0.139. The number of hydrogen-bond donors (Lipinski definition) is 1. The molecule has 3 rings (SSSR count). The lowest BCUT2D eigenvalue weighted by Gasteiger charge is -2.29. The van der Waals surface area contributed by atoms with Gasteiger partial charge in [-0.2, -0.15) is 5.10 Å². The molecule has 0 bridgehead atoms. The number of nitrogens with one attached hydrogen (secondary N) is 1. The van der Waals surface area contributed by atoms with Crippen LogP contribution in [0.1, 0.15) is 78.3 Å². The fourth-order valence-electron chi connectivity index (χ4n) is 4.34. The minimum atomic E-state index is -0.199. The van der Waals surface area contributed by atoms with Crippen LogP contribution < -0.4 is 10.1 Å². The molecule has 0 atom stereocenters. The van der Waals surface area contributed by atoms with Gasteiger partial charge >= 0.3 is 0 Å². The van der Waals surface area contributed by atoms with Gasteiger partial charge in [-0.05, 0) is 43.5 Å². The van der Waals surface area contributed by atoms with Gasteiger partial charge in [0.15, 0.2) is 0 Å². The Morgan fingerprint density at radius 3 is 2.41 bits per heavy atom. The fraction of sp³-hybridized carbons (Fsp3) is 0.593. The first-order chi connectivity index (χ1) is 16.2. The zero-order chi connectivity index (χ0) is 24.7. The molecular weight excluding hydrogens is 428 g/mol. The van der Waals surface area contributed by atoms with Crippen molar-refractivity contribution in [1.29, 1.82) is 0 Å². The zero-order valence-electron chi connectivity index (χ0n) is 21.4. The summed E-state index contributed by atoms with van der Waals surface area (Å²) < 4.78 is 7.02. The summed E-state index contributed by atoms with van der Waals surface area (Å²) >= 11 is 0. The van der Waals surface area contributed by atoms with Gasteiger partial charge in [0.25, 0.3) is 0 Å². The van der Waals surface area contributed by atoms with Crippen molar-refractivity contribution in [2.75, 3.05) is 25.5 Å². The maximum absolute atomic E-state index is 13.2. The molecule has 1 heterocycles. The molecule has 1 aromatic heterocycles. The molecule has 0 radical (unpaired) electrons. The molecule has 0 aliphatic heterocycles. The molecule has 186 valence electrons. The summed E-state index contributed by atoms with van der Waals surface area (Å²) in [6.07, 6.45) is 7.13. The number of unbranched alkanes of at least 4 members (excludes halogenated alkanes) is 1. The van der Waals surface area contributed by atoms with Crippen molar-refractivity contribution in [2.24, 2.45) is 5.92 Å². The molecule has 1 aliphatic rings. The van der Waals surface area contributed by atoms with Gasteiger partial charge in [-0.1, -0.05) is 53.4 Å². The van der Waals surface area contributed by atoms with E-state index in [4.69, 9.17) is 9.84 Å². The quantitative estimate of drug-likeness (QED) is 0.540. The van der Waals surface area contributed by atoms with Crippen LogP contribution in [0, 0.1) is 5.92 Å². The molecule has 7 nitrogen and oxygen atoms in total. The van der Waals surface area contributed by atoms with Crippen LogP contribution in [0.2, 0.25) is 0 Å². The van der Waals surface area contributed by atoms with Crippen LogP contribution >= 0.6 is 0 Å². The Labute approximate surface area is 203 Å². The lowest BCUT2D eigenvalue weighted by atomic mass is 9.88. The Morgan fingerprint density at radius 2 is 1.82 bits per heavy atom. The third-order valence-electron chi connectivity index (χ3n) is 6.44. The van der Waals surface area contributed by atoms with Crippen LogP contribution in [-0.4, -0.2) is 46.7 Å². The highest BCUT2D eigenvalue weighted by atomic mass is 16.5. The highest BCUT2D eigenvalue weighted by molar-refractivity contribution is 5.94. The number of aromatic nitrogens is 2. The summed E-state index contributed by atoms with van der Waals surface area (Å²) in [5, 5.41) is 7.81. The predicted molar refractivity (Wildman–Crippen MR) is 136 cm³/mol. The van der Waals surface area contributed by atoms with Crippen LogP contribution in [-0.2, 0) is 15.0 Å². The number of amides is 2. The molecule has 1 aromatic carbocycles. The molecule has 0 spiro atoms. The van der Waals surface area contributed by atoms with Crippen LogP contribution in [0.5, 0.6) is 5.75 Å². The molecule has 1 saturated carbocycles. The second-order valence-electron chi connectivity index (χ2n) is 10.3. The Bertz CT molecular complexity index is 953. The number of carbonyl (C=O) groups is 2. The van der Waals surface area contributed by atoms with Crippen molar-refractivity contribution >= 4 is 17.6 Å². The van der Waals surface area contributed by atoms with E-state index in [2.05, 4.69) is 33.0 Å². The monoisotopic (exact) mass is 468 g/mol. The molecular formula is C27H40N4O3. The molecule has 1 aliphatic carbocycles. The maximum atomic E-state index is 13.2. The lowest BCUT2D eigenvalue weighted by Crippen LogP contribution is -2.42. The van der Waals surface area contributed by atoms with Crippen LogP contribution in [0.4, 0.5) is 5.82 Å². The maximum Gasteiger partial charge on any atom is 0.245 e. The van der Waals surface area contributed by atoms with Crippen molar-refractivity contribution in [3.63, 3.8) is 0 Å². The fourth-order valence-corrected chi connectivity index (χ4v) is 4.34. The van der Waals surface area contributed by atoms with Crippen LogP contribution in [0.15, 0.2) is 30.3 Å². The van der Waals surface area contributed by atoms with Crippen molar-refractivity contribution in [1.82, 2.24) is 14.7 Å². The summed E-state index contributed by atoms with van der Waals surface area (Å²) in [5.74, 6) is 1.33. The van der Waals surface area contributed by atoms with Crippen molar-refractivity contribution < 1.29 is 14.3 Å². The highest BCUT2D eigenvalue weighted by Crippen LogP contribution is 2.28. The minimum Gasteiger partial charge on any atom is -0.497 e. The van der Waals surface area contributed by atoms with Crippen molar-refractivity contribution in [3.8, 4) is 11.4 Å². The summed E-state index contributed by atoms with van der Waals surface area (Å²) in [4.78, 5) is 28.1. The van der Waals surface area contributed by atoms with Gasteiger partial charge in [-0.3, -0.25) is 9.59 Å². The van der Waals surface area contributed by atoms with Gasteiger partial charge in [-0.15, -0.1) is 0 Å². The molecule has 0 unspecified atom stereocenters. The van der Waals surface area contributed by atoms with E-state index in [0.717, 1.165) is 55.7 Å². The first-order valence-corrected chi connectivity index (χ1v) is 12.6. The minimum absolute atomic E-state index is 0.0516. The van der Waals surface area contributed by atoms with Crippen LogP contribution in [0.25, 0.3) is 5.69 Å². The van der Waals surface area contributed by atoms with E-state index in [1.807, 2.05) is 30.3 Å². The Hall–Kier alpha value is -2.83. The van der Waals surface area contributed by atoms with Crippen molar-refractivity contribution in [2.45, 2.75) is 78.1 Å². The number of rotatable bonds is 9. The first kappa shape index (κ1) is 25.8. The van der Waals surface area contributed by atoms with Gasteiger partial charge in [0.1, 0.15) is 11.6 Å². The number of nitrogens with zero attached hydrogens (tertiary/aromatic N) is 3.